The third kappa shape index (κ3) is 2.58. The minimum Gasteiger partial charge on any atom is -0.508 e. The average molecular weight is 218 g/mol. The Balaban J connectivity index is 2.15. The van der Waals surface area contributed by atoms with Gasteiger partial charge in [0.1, 0.15) is 5.75 Å². The molecule has 1 aliphatic rings. The van der Waals surface area contributed by atoms with Crippen LogP contribution in [0.2, 0.25) is 0 Å². The van der Waals surface area contributed by atoms with Gasteiger partial charge in [0.05, 0.1) is 0 Å². The van der Waals surface area contributed by atoms with Crippen molar-refractivity contribution in [1.82, 2.24) is 0 Å². The molecule has 1 N–H and O–H groups in total. The molecule has 0 heterocycles. The van der Waals surface area contributed by atoms with Gasteiger partial charge in [-0.1, -0.05) is 26.3 Å². The highest BCUT2D eigenvalue weighted by Gasteiger charge is 2.20. The second-order valence-electron chi connectivity index (χ2n) is 5.44. The van der Waals surface area contributed by atoms with Crippen LogP contribution in [0, 0.1) is 5.92 Å². The minimum atomic E-state index is 0.426. The van der Waals surface area contributed by atoms with Crippen molar-refractivity contribution in [2.45, 2.75) is 51.9 Å². The molecule has 0 bridgehead atoms. The number of rotatable bonds is 3. The molecular formula is C15H22O. The maximum absolute atomic E-state index is 9.58. The number of hydrogen-bond donors (Lipinski definition) is 1. The summed E-state index contributed by atoms with van der Waals surface area (Å²) in [7, 11) is 0. The molecule has 0 aliphatic heterocycles. The molecule has 0 saturated carbocycles. The molecule has 1 aromatic carbocycles. The molecule has 1 atom stereocenters. The predicted molar refractivity (Wildman–Crippen MR) is 67.9 cm³/mol. The van der Waals surface area contributed by atoms with Crippen LogP contribution in [0.4, 0.5) is 0 Å². The average Bonchev–Trinajstić information content (AvgIpc) is 2.26. The summed E-state index contributed by atoms with van der Waals surface area (Å²) >= 11 is 0. The van der Waals surface area contributed by atoms with Gasteiger partial charge in [0.25, 0.3) is 0 Å². The maximum atomic E-state index is 9.58. The fourth-order valence-corrected chi connectivity index (χ4v) is 2.72. The number of hydrogen-bond acceptors (Lipinski definition) is 1. The van der Waals surface area contributed by atoms with Crippen LogP contribution in [-0.4, -0.2) is 5.11 Å². The van der Waals surface area contributed by atoms with E-state index in [1.54, 1.807) is 0 Å². The molecule has 16 heavy (non-hydrogen) atoms. The SMILES string of the molecule is CC(C)CCC1CCCc2ccc(O)cc21. The zero-order valence-corrected chi connectivity index (χ0v) is 10.4. The molecule has 1 aliphatic carbocycles. The lowest BCUT2D eigenvalue weighted by atomic mass is 9.79. The number of phenols is 1. The third-order valence-electron chi connectivity index (χ3n) is 3.66. The van der Waals surface area contributed by atoms with Gasteiger partial charge in [-0.25, -0.2) is 0 Å². The van der Waals surface area contributed by atoms with Crippen molar-refractivity contribution in [2.75, 3.05) is 0 Å². The van der Waals surface area contributed by atoms with E-state index in [2.05, 4.69) is 19.9 Å². The Hall–Kier alpha value is -0.980. The zero-order valence-electron chi connectivity index (χ0n) is 10.4. The molecule has 1 aromatic rings. The highest BCUT2D eigenvalue weighted by molar-refractivity contribution is 5.38. The molecule has 1 unspecified atom stereocenters. The molecule has 2 rings (SSSR count). The lowest BCUT2D eigenvalue weighted by molar-refractivity contribution is 0.446. The number of aromatic hydroxyl groups is 1. The first kappa shape index (κ1) is 11.5. The molecule has 0 amide bonds. The summed E-state index contributed by atoms with van der Waals surface area (Å²) in [4.78, 5) is 0. The van der Waals surface area contributed by atoms with E-state index in [-0.39, 0.29) is 0 Å². The Labute approximate surface area is 98.5 Å². The summed E-state index contributed by atoms with van der Waals surface area (Å²) in [6.45, 7) is 4.57. The first-order valence-electron chi connectivity index (χ1n) is 6.48. The van der Waals surface area contributed by atoms with Gasteiger partial charge < -0.3 is 5.11 Å². The van der Waals surface area contributed by atoms with Crippen molar-refractivity contribution in [3.05, 3.63) is 29.3 Å². The van der Waals surface area contributed by atoms with Gasteiger partial charge in [0.15, 0.2) is 0 Å². The van der Waals surface area contributed by atoms with Gasteiger partial charge in [-0.05, 0) is 60.8 Å². The van der Waals surface area contributed by atoms with Gasteiger partial charge in [-0.3, -0.25) is 0 Å². The summed E-state index contributed by atoms with van der Waals surface area (Å²) in [5, 5.41) is 9.58. The second-order valence-corrected chi connectivity index (χ2v) is 5.44. The van der Waals surface area contributed by atoms with E-state index >= 15 is 0 Å². The Morgan fingerprint density at radius 2 is 2.19 bits per heavy atom. The minimum absolute atomic E-state index is 0.426. The van der Waals surface area contributed by atoms with Gasteiger partial charge in [-0.2, -0.15) is 0 Å². The van der Waals surface area contributed by atoms with E-state index in [1.165, 1.54) is 43.2 Å². The number of aryl methyl sites for hydroxylation is 1. The largest absolute Gasteiger partial charge is 0.508 e. The molecule has 0 saturated heterocycles. The molecule has 0 fully saturated rings. The molecule has 88 valence electrons. The normalized spacial score (nSPS) is 19.8. The van der Waals surface area contributed by atoms with Crippen LogP contribution < -0.4 is 0 Å². The van der Waals surface area contributed by atoms with Crippen molar-refractivity contribution in [3.63, 3.8) is 0 Å². The molecular weight excluding hydrogens is 196 g/mol. The van der Waals surface area contributed by atoms with Crippen molar-refractivity contribution < 1.29 is 5.11 Å². The van der Waals surface area contributed by atoms with E-state index < -0.39 is 0 Å². The smallest absolute Gasteiger partial charge is 0.115 e. The van der Waals surface area contributed by atoms with Gasteiger partial charge >= 0.3 is 0 Å². The topological polar surface area (TPSA) is 20.2 Å². The molecule has 0 spiro atoms. The molecule has 0 aromatic heterocycles. The summed E-state index contributed by atoms with van der Waals surface area (Å²) < 4.78 is 0. The van der Waals surface area contributed by atoms with Crippen molar-refractivity contribution in [2.24, 2.45) is 5.92 Å². The monoisotopic (exact) mass is 218 g/mol. The van der Waals surface area contributed by atoms with Crippen LogP contribution in [0.15, 0.2) is 18.2 Å². The van der Waals surface area contributed by atoms with Gasteiger partial charge in [-0.15, -0.1) is 0 Å². The van der Waals surface area contributed by atoms with E-state index in [1.807, 2.05) is 12.1 Å². The Morgan fingerprint density at radius 3 is 2.94 bits per heavy atom. The van der Waals surface area contributed by atoms with E-state index in [4.69, 9.17) is 0 Å². The fourth-order valence-electron chi connectivity index (χ4n) is 2.72. The number of benzene rings is 1. The third-order valence-corrected chi connectivity index (χ3v) is 3.66. The van der Waals surface area contributed by atoms with Crippen LogP contribution in [0.5, 0.6) is 5.75 Å². The Morgan fingerprint density at radius 1 is 1.38 bits per heavy atom. The number of phenolic OH excluding ortho intramolecular Hbond substituents is 1. The van der Waals surface area contributed by atoms with Crippen LogP contribution in [-0.2, 0) is 6.42 Å². The van der Waals surface area contributed by atoms with Gasteiger partial charge in [0, 0.05) is 0 Å². The first-order valence-corrected chi connectivity index (χ1v) is 6.48. The van der Waals surface area contributed by atoms with Crippen LogP contribution >= 0.6 is 0 Å². The van der Waals surface area contributed by atoms with Crippen LogP contribution in [0.25, 0.3) is 0 Å². The van der Waals surface area contributed by atoms with Crippen LogP contribution in [0.3, 0.4) is 0 Å². The van der Waals surface area contributed by atoms with Crippen molar-refractivity contribution in [3.8, 4) is 5.75 Å². The highest BCUT2D eigenvalue weighted by atomic mass is 16.3. The van der Waals surface area contributed by atoms with E-state index in [0.717, 1.165) is 5.92 Å². The first-order chi connectivity index (χ1) is 7.66. The molecule has 1 nitrogen and oxygen atoms in total. The maximum Gasteiger partial charge on any atom is 0.115 e. The molecule has 0 radical (unpaired) electrons. The summed E-state index contributed by atoms with van der Waals surface area (Å²) in [6.07, 6.45) is 6.35. The second kappa shape index (κ2) is 4.90. The van der Waals surface area contributed by atoms with E-state index in [9.17, 15) is 5.11 Å². The Bertz CT molecular complexity index is 354. The van der Waals surface area contributed by atoms with E-state index in [0.29, 0.717) is 11.7 Å². The Kier molecular flexibility index (Phi) is 3.52. The van der Waals surface area contributed by atoms with Crippen LogP contribution in [0.1, 0.15) is 56.6 Å². The lowest BCUT2D eigenvalue weighted by Gasteiger charge is -2.26. The number of fused-ring (bicyclic) bond motifs is 1. The lowest BCUT2D eigenvalue weighted by Crippen LogP contribution is -2.10. The highest BCUT2D eigenvalue weighted by Crippen LogP contribution is 2.37. The standard InChI is InChI=1S/C15H22O/c1-11(2)6-7-12-4-3-5-13-8-9-14(16)10-15(12)13/h8-12,16H,3-7H2,1-2H3. The fraction of sp³-hybridized carbons (Fsp3) is 0.600. The summed E-state index contributed by atoms with van der Waals surface area (Å²) in [5.41, 5.74) is 2.87. The predicted octanol–water partition coefficient (Wildman–Crippen LogP) is 4.25. The molecule has 1 heteroatoms. The van der Waals surface area contributed by atoms with Gasteiger partial charge in [0.2, 0.25) is 0 Å². The quantitative estimate of drug-likeness (QED) is 0.804. The summed E-state index contributed by atoms with van der Waals surface area (Å²) in [5.74, 6) is 1.89. The van der Waals surface area contributed by atoms with Crippen molar-refractivity contribution in [1.29, 1.82) is 0 Å². The zero-order chi connectivity index (χ0) is 11.5. The van der Waals surface area contributed by atoms with Crippen molar-refractivity contribution >= 4 is 0 Å². The summed E-state index contributed by atoms with van der Waals surface area (Å²) in [6, 6.07) is 5.91.